The van der Waals surface area contributed by atoms with E-state index < -0.39 is 5.54 Å². The summed E-state index contributed by atoms with van der Waals surface area (Å²) >= 11 is 3.43. The third kappa shape index (κ3) is 2.87. The number of ether oxygens (including phenoxy) is 1. The van der Waals surface area contributed by atoms with Crippen molar-refractivity contribution in [2.24, 2.45) is 0 Å². The number of nitrogens with zero attached hydrogens (tertiary/aromatic N) is 1. The minimum atomic E-state index is -0.512. The van der Waals surface area contributed by atoms with Gasteiger partial charge in [-0.3, -0.25) is 4.79 Å². The maximum Gasteiger partial charge on any atom is 0.326 e. The second kappa shape index (κ2) is 6.04. The quantitative estimate of drug-likeness (QED) is 0.861. The van der Waals surface area contributed by atoms with Crippen molar-refractivity contribution in [3.05, 3.63) is 11.6 Å². The number of hydrogen-bond acceptors (Lipinski definition) is 6. The molecule has 0 bridgehead atoms. The summed E-state index contributed by atoms with van der Waals surface area (Å²) in [6, 6.07) is 0. The molecule has 1 aromatic rings. The van der Waals surface area contributed by atoms with Gasteiger partial charge in [-0.05, 0) is 32.7 Å². The van der Waals surface area contributed by atoms with E-state index in [2.05, 4.69) is 10.3 Å². The highest BCUT2D eigenvalue weighted by atomic mass is 32.2. The van der Waals surface area contributed by atoms with Crippen molar-refractivity contribution in [2.45, 2.75) is 40.8 Å². The second-order valence-electron chi connectivity index (χ2n) is 4.46. The summed E-state index contributed by atoms with van der Waals surface area (Å²) in [7, 11) is 3.30. The highest BCUT2D eigenvalue weighted by molar-refractivity contribution is 8.01. The average molecular weight is 286 g/mol. The summed E-state index contributed by atoms with van der Waals surface area (Å²) in [4.78, 5) is 16.3. The highest BCUT2D eigenvalue weighted by Gasteiger charge is 2.42. The van der Waals surface area contributed by atoms with Gasteiger partial charge in [0.15, 0.2) is 0 Å². The second-order valence-corrected chi connectivity index (χ2v) is 6.90. The Balaban J connectivity index is 2.04. The van der Waals surface area contributed by atoms with Crippen molar-refractivity contribution < 1.29 is 9.53 Å². The Morgan fingerprint density at radius 3 is 3.17 bits per heavy atom. The SMILES string of the molecule is CNC1(C(=O)OC)CCCC(Sc2nccs2)C1. The molecule has 1 N–H and O–H groups in total. The van der Waals surface area contributed by atoms with Gasteiger partial charge < -0.3 is 10.1 Å². The van der Waals surface area contributed by atoms with Gasteiger partial charge in [-0.2, -0.15) is 0 Å². The lowest BCUT2D eigenvalue weighted by Crippen LogP contribution is -2.54. The van der Waals surface area contributed by atoms with E-state index in [0.717, 1.165) is 30.0 Å². The van der Waals surface area contributed by atoms with E-state index in [4.69, 9.17) is 4.74 Å². The number of likely N-dealkylation sites (N-methyl/N-ethyl adjacent to an activating group) is 1. The van der Waals surface area contributed by atoms with Gasteiger partial charge in [-0.15, -0.1) is 11.3 Å². The number of methoxy groups -OCH3 is 1. The van der Waals surface area contributed by atoms with E-state index in [-0.39, 0.29) is 5.97 Å². The third-order valence-corrected chi connectivity index (χ3v) is 5.62. The Kier molecular flexibility index (Phi) is 4.64. The first-order valence-corrected chi connectivity index (χ1v) is 7.79. The van der Waals surface area contributed by atoms with Crippen LogP contribution in [0.4, 0.5) is 0 Å². The molecule has 1 aliphatic rings. The predicted molar refractivity (Wildman–Crippen MR) is 74.0 cm³/mol. The molecule has 1 fully saturated rings. The number of carbonyl (C=O) groups is 1. The molecule has 1 aromatic heterocycles. The van der Waals surface area contributed by atoms with E-state index in [1.165, 1.54) is 7.11 Å². The molecular weight excluding hydrogens is 268 g/mol. The van der Waals surface area contributed by atoms with Crippen LogP contribution in [-0.4, -0.2) is 35.9 Å². The van der Waals surface area contributed by atoms with Crippen LogP contribution >= 0.6 is 23.1 Å². The van der Waals surface area contributed by atoms with Gasteiger partial charge in [0.05, 0.1) is 7.11 Å². The maximum atomic E-state index is 12.0. The van der Waals surface area contributed by atoms with Gasteiger partial charge in [-0.1, -0.05) is 11.8 Å². The van der Waals surface area contributed by atoms with Crippen LogP contribution in [0.2, 0.25) is 0 Å². The third-order valence-electron chi connectivity index (χ3n) is 3.44. The molecule has 1 saturated carbocycles. The lowest BCUT2D eigenvalue weighted by Gasteiger charge is -2.37. The summed E-state index contributed by atoms with van der Waals surface area (Å²) in [6.45, 7) is 0. The molecule has 1 aliphatic carbocycles. The van der Waals surface area contributed by atoms with Gasteiger partial charge in [0.2, 0.25) is 0 Å². The number of rotatable bonds is 4. The van der Waals surface area contributed by atoms with Gasteiger partial charge in [0.1, 0.15) is 9.88 Å². The van der Waals surface area contributed by atoms with Crippen LogP contribution < -0.4 is 5.32 Å². The first kappa shape index (κ1) is 13.8. The zero-order valence-corrected chi connectivity index (χ0v) is 12.3. The molecular formula is C12H18N2O2S2. The van der Waals surface area contributed by atoms with Gasteiger partial charge in [0.25, 0.3) is 0 Å². The Labute approximate surface area is 116 Å². The van der Waals surface area contributed by atoms with E-state index in [0.29, 0.717) is 5.25 Å². The van der Waals surface area contributed by atoms with Crippen LogP contribution in [0.1, 0.15) is 25.7 Å². The predicted octanol–water partition coefficient (Wildman–Crippen LogP) is 2.31. The standard InChI is InChI=1S/C12H18N2O2S2/c1-13-12(10(15)16-2)5-3-4-9(8-12)18-11-14-6-7-17-11/h6-7,9,13H,3-5,8H2,1-2H3. The monoisotopic (exact) mass is 286 g/mol. The van der Waals surface area contributed by atoms with Crippen LogP contribution in [-0.2, 0) is 9.53 Å². The van der Waals surface area contributed by atoms with Crippen molar-refractivity contribution in [1.29, 1.82) is 0 Å². The largest absolute Gasteiger partial charge is 0.468 e. The molecule has 0 amide bonds. The average Bonchev–Trinajstić information content (AvgIpc) is 2.90. The lowest BCUT2D eigenvalue weighted by atomic mass is 9.81. The minimum Gasteiger partial charge on any atom is -0.468 e. The van der Waals surface area contributed by atoms with Crippen LogP contribution in [0.5, 0.6) is 0 Å². The van der Waals surface area contributed by atoms with Gasteiger partial charge >= 0.3 is 5.97 Å². The zero-order valence-electron chi connectivity index (χ0n) is 10.6. The van der Waals surface area contributed by atoms with Gasteiger partial charge in [0, 0.05) is 16.8 Å². The molecule has 18 heavy (non-hydrogen) atoms. The Morgan fingerprint density at radius 2 is 2.56 bits per heavy atom. The van der Waals surface area contributed by atoms with E-state index in [9.17, 15) is 4.79 Å². The van der Waals surface area contributed by atoms with Crippen molar-refractivity contribution >= 4 is 29.1 Å². The fraction of sp³-hybridized carbons (Fsp3) is 0.667. The molecule has 4 nitrogen and oxygen atoms in total. The van der Waals surface area contributed by atoms with Crippen molar-refractivity contribution in [3.63, 3.8) is 0 Å². The van der Waals surface area contributed by atoms with E-state index >= 15 is 0 Å². The normalized spacial score (nSPS) is 28.0. The summed E-state index contributed by atoms with van der Waals surface area (Å²) in [6.07, 6.45) is 5.65. The molecule has 6 heteroatoms. The van der Waals surface area contributed by atoms with E-state index in [1.54, 1.807) is 23.1 Å². The van der Waals surface area contributed by atoms with Crippen LogP contribution in [0.25, 0.3) is 0 Å². The first-order valence-electron chi connectivity index (χ1n) is 6.03. The van der Waals surface area contributed by atoms with Crippen molar-refractivity contribution in [3.8, 4) is 0 Å². The number of esters is 1. The lowest BCUT2D eigenvalue weighted by molar-refractivity contribution is -0.149. The summed E-state index contributed by atoms with van der Waals surface area (Å²) in [5, 5.41) is 5.58. The fourth-order valence-corrected chi connectivity index (χ4v) is 4.66. The molecule has 2 atom stereocenters. The molecule has 0 saturated heterocycles. The minimum absolute atomic E-state index is 0.144. The molecule has 0 radical (unpaired) electrons. The molecule has 0 spiro atoms. The number of carbonyl (C=O) groups excluding carboxylic acids is 1. The molecule has 0 aliphatic heterocycles. The van der Waals surface area contributed by atoms with Crippen molar-refractivity contribution in [1.82, 2.24) is 10.3 Å². The highest BCUT2D eigenvalue weighted by Crippen LogP contribution is 2.39. The van der Waals surface area contributed by atoms with E-state index in [1.807, 2.05) is 18.6 Å². The Hall–Kier alpha value is -0.590. The maximum absolute atomic E-state index is 12.0. The smallest absolute Gasteiger partial charge is 0.326 e. The van der Waals surface area contributed by atoms with Crippen LogP contribution in [0.3, 0.4) is 0 Å². The summed E-state index contributed by atoms with van der Waals surface area (Å²) in [5.41, 5.74) is -0.512. The van der Waals surface area contributed by atoms with Crippen LogP contribution in [0, 0.1) is 0 Å². The molecule has 0 aromatic carbocycles. The molecule has 2 rings (SSSR count). The molecule has 100 valence electrons. The number of aromatic nitrogens is 1. The van der Waals surface area contributed by atoms with Gasteiger partial charge in [-0.25, -0.2) is 4.98 Å². The summed E-state index contributed by atoms with van der Waals surface area (Å²) in [5.74, 6) is -0.144. The number of thiazole rings is 1. The summed E-state index contributed by atoms with van der Waals surface area (Å²) < 4.78 is 6.02. The fourth-order valence-electron chi connectivity index (χ4n) is 2.45. The van der Waals surface area contributed by atoms with Crippen LogP contribution in [0.15, 0.2) is 15.9 Å². The van der Waals surface area contributed by atoms with Crippen molar-refractivity contribution in [2.75, 3.05) is 14.2 Å². The molecule has 2 unspecified atom stereocenters. The first-order chi connectivity index (χ1) is 8.70. The zero-order chi connectivity index (χ0) is 13.0. The Morgan fingerprint density at radius 1 is 1.72 bits per heavy atom. The number of thioether (sulfide) groups is 1. The number of hydrogen-bond donors (Lipinski definition) is 1. The number of nitrogens with one attached hydrogen (secondary N) is 1. The molecule has 1 heterocycles. The Bertz CT molecular complexity index is 397. The topological polar surface area (TPSA) is 51.2 Å².